The third-order valence-corrected chi connectivity index (χ3v) is 5.25. The minimum Gasteiger partial charge on any atom is -0.493 e. The lowest BCUT2D eigenvalue weighted by atomic mass is 10.1. The average Bonchev–Trinajstić information content (AvgIpc) is 2.78. The van der Waals surface area contributed by atoms with Gasteiger partial charge in [0.25, 0.3) is 11.8 Å². The van der Waals surface area contributed by atoms with Gasteiger partial charge in [-0.25, -0.2) is 0 Å². The quantitative estimate of drug-likeness (QED) is 0.676. The Balaban J connectivity index is 1.69. The minimum absolute atomic E-state index is 0.0660. The molecule has 0 spiro atoms. The number of amides is 2. The summed E-state index contributed by atoms with van der Waals surface area (Å²) in [7, 11) is 3.08. The van der Waals surface area contributed by atoms with Crippen LogP contribution in [-0.4, -0.2) is 68.1 Å². The predicted octanol–water partition coefficient (Wildman–Crippen LogP) is 3.74. The third kappa shape index (κ3) is 5.22. The molecule has 0 radical (unpaired) electrons. The molecule has 7 nitrogen and oxygen atoms in total. The monoisotopic (exact) mass is 446 g/mol. The van der Waals surface area contributed by atoms with Crippen LogP contribution in [0.4, 0.5) is 0 Å². The summed E-state index contributed by atoms with van der Waals surface area (Å²) in [5.41, 5.74) is 0.945. The lowest BCUT2D eigenvalue weighted by Gasteiger charge is -2.35. The lowest BCUT2D eigenvalue weighted by Crippen LogP contribution is -2.50. The first kappa shape index (κ1) is 22.7. The molecule has 1 aliphatic rings. The molecule has 1 aliphatic heterocycles. The Morgan fingerprint density at radius 3 is 2.00 bits per heavy atom. The highest BCUT2D eigenvalue weighted by atomic mass is 35.5. The van der Waals surface area contributed by atoms with Crippen LogP contribution in [0.2, 0.25) is 5.02 Å². The van der Waals surface area contributed by atoms with Gasteiger partial charge in [0.2, 0.25) is 0 Å². The van der Waals surface area contributed by atoms with E-state index in [0.29, 0.717) is 59.6 Å². The van der Waals surface area contributed by atoms with E-state index >= 15 is 0 Å². The zero-order chi connectivity index (χ0) is 22.5. The van der Waals surface area contributed by atoms with E-state index in [4.69, 9.17) is 25.8 Å². The zero-order valence-electron chi connectivity index (χ0n) is 18.2. The van der Waals surface area contributed by atoms with Gasteiger partial charge in [0.05, 0.1) is 25.9 Å². The third-order valence-electron chi connectivity index (χ3n) is 5.02. The van der Waals surface area contributed by atoms with Crippen LogP contribution >= 0.6 is 11.6 Å². The van der Waals surface area contributed by atoms with E-state index in [-0.39, 0.29) is 17.9 Å². The largest absolute Gasteiger partial charge is 0.493 e. The number of benzene rings is 2. The Morgan fingerprint density at radius 2 is 1.42 bits per heavy atom. The highest BCUT2D eigenvalue weighted by molar-refractivity contribution is 6.31. The van der Waals surface area contributed by atoms with Crippen molar-refractivity contribution >= 4 is 23.4 Å². The summed E-state index contributed by atoms with van der Waals surface area (Å²) < 4.78 is 16.3. The van der Waals surface area contributed by atoms with Crippen LogP contribution in [-0.2, 0) is 0 Å². The Hall–Kier alpha value is -2.93. The van der Waals surface area contributed by atoms with Crippen molar-refractivity contribution in [3.05, 3.63) is 52.5 Å². The van der Waals surface area contributed by atoms with Crippen molar-refractivity contribution in [1.29, 1.82) is 0 Å². The van der Waals surface area contributed by atoms with E-state index < -0.39 is 0 Å². The molecule has 0 saturated carbocycles. The number of carbonyl (C=O) groups excluding carboxylic acids is 2. The summed E-state index contributed by atoms with van der Waals surface area (Å²) in [4.78, 5) is 29.5. The molecule has 0 aliphatic carbocycles. The number of rotatable bonds is 6. The average molecular weight is 447 g/mol. The maximum absolute atomic E-state index is 13.1. The van der Waals surface area contributed by atoms with Crippen LogP contribution in [0.1, 0.15) is 34.6 Å². The fourth-order valence-electron chi connectivity index (χ4n) is 3.46. The van der Waals surface area contributed by atoms with Gasteiger partial charge in [-0.15, -0.1) is 0 Å². The first-order chi connectivity index (χ1) is 14.8. The first-order valence-electron chi connectivity index (χ1n) is 10.1. The van der Waals surface area contributed by atoms with E-state index in [0.717, 1.165) is 0 Å². The van der Waals surface area contributed by atoms with Gasteiger partial charge in [-0.3, -0.25) is 9.59 Å². The fourth-order valence-corrected chi connectivity index (χ4v) is 3.63. The molecule has 166 valence electrons. The van der Waals surface area contributed by atoms with Crippen molar-refractivity contribution in [3.8, 4) is 17.2 Å². The van der Waals surface area contributed by atoms with E-state index in [1.54, 1.807) is 53.3 Å². The number of carbonyl (C=O) groups is 2. The molecule has 1 heterocycles. The Morgan fingerprint density at radius 1 is 0.839 bits per heavy atom. The van der Waals surface area contributed by atoms with E-state index in [9.17, 15) is 9.59 Å². The first-order valence-corrected chi connectivity index (χ1v) is 10.5. The van der Waals surface area contributed by atoms with Gasteiger partial charge < -0.3 is 24.0 Å². The lowest BCUT2D eigenvalue weighted by molar-refractivity contribution is 0.0532. The van der Waals surface area contributed by atoms with Crippen molar-refractivity contribution in [3.63, 3.8) is 0 Å². The summed E-state index contributed by atoms with van der Waals surface area (Å²) in [5.74, 6) is 1.31. The summed E-state index contributed by atoms with van der Waals surface area (Å²) in [6.07, 6.45) is -0.0660. The van der Waals surface area contributed by atoms with Crippen molar-refractivity contribution < 1.29 is 23.8 Å². The van der Waals surface area contributed by atoms with Gasteiger partial charge in [-0.2, -0.15) is 0 Å². The normalized spacial score (nSPS) is 13.9. The number of halogens is 1. The number of hydrogen-bond acceptors (Lipinski definition) is 5. The fraction of sp³-hybridized carbons (Fsp3) is 0.391. The minimum atomic E-state index is -0.156. The summed E-state index contributed by atoms with van der Waals surface area (Å²) >= 11 is 6.12. The molecular formula is C23H27ClN2O5. The molecule has 0 unspecified atom stereocenters. The molecule has 2 amide bonds. The molecule has 0 aromatic heterocycles. The second-order valence-electron chi connectivity index (χ2n) is 7.46. The van der Waals surface area contributed by atoms with Crippen LogP contribution in [0.25, 0.3) is 0 Å². The summed E-state index contributed by atoms with van der Waals surface area (Å²) in [6, 6.07) is 10.1. The van der Waals surface area contributed by atoms with Crippen molar-refractivity contribution in [1.82, 2.24) is 9.80 Å². The number of piperazine rings is 1. The molecule has 31 heavy (non-hydrogen) atoms. The number of ether oxygens (including phenoxy) is 3. The van der Waals surface area contributed by atoms with Gasteiger partial charge in [-0.1, -0.05) is 11.6 Å². The Bertz CT molecular complexity index is 955. The maximum Gasteiger partial charge on any atom is 0.257 e. The van der Waals surface area contributed by atoms with Gasteiger partial charge in [0, 0.05) is 36.8 Å². The maximum atomic E-state index is 13.1. The van der Waals surface area contributed by atoms with Crippen molar-refractivity contribution in [2.24, 2.45) is 0 Å². The topological polar surface area (TPSA) is 68.3 Å². The number of methoxy groups -OCH3 is 2. The molecule has 0 atom stereocenters. The molecule has 0 N–H and O–H groups in total. The van der Waals surface area contributed by atoms with Crippen LogP contribution < -0.4 is 14.2 Å². The molecule has 2 aromatic rings. The molecular weight excluding hydrogens is 420 g/mol. The van der Waals surface area contributed by atoms with Crippen LogP contribution in [0.5, 0.6) is 17.2 Å². The summed E-state index contributed by atoms with van der Waals surface area (Å²) in [6.45, 7) is 5.51. The number of nitrogens with zero attached hydrogens (tertiary/aromatic N) is 2. The van der Waals surface area contributed by atoms with E-state index in [1.165, 1.54) is 7.11 Å². The van der Waals surface area contributed by atoms with Gasteiger partial charge in [0.15, 0.2) is 11.5 Å². The molecule has 1 saturated heterocycles. The van der Waals surface area contributed by atoms with Gasteiger partial charge in [-0.05, 0) is 50.2 Å². The van der Waals surface area contributed by atoms with Crippen LogP contribution in [0.3, 0.4) is 0 Å². The van der Waals surface area contributed by atoms with E-state index in [2.05, 4.69) is 0 Å². The SMILES string of the molecule is COc1ccc(C(=O)N2CCN(C(=O)c3cc(Cl)ccc3OC(C)C)CC2)cc1OC. The van der Waals surface area contributed by atoms with Crippen molar-refractivity contribution in [2.75, 3.05) is 40.4 Å². The molecule has 1 fully saturated rings. The number of hydrogen-bond donors (Lipinski definition) is 0. The molecule has 3 rings (SSSR count). The second-order valence-corrected chi connectivity index (χ2v) is 7.90. The Kier molecular flexibility index (Phi) is 7.28. The van der Waals surface area contributed by atoms with E-state index in [1.807, 2.05) is 13.8 Å². The Labute approximate surface area is 187 Å². The van der Waals surface area contributed by atoms with Crippen LogP contribution in [0, 0.1) is 0 Å². The van der Waals surface area contributed by atoms with Gasteiger partial charge >= 0.3 is 0 Å². The highest BCUT2D eigenvalue weighted by Gasteiger charge is 2.28. The molecule has 8 heteroatoms. The molecule has 0 bridgehead atoms. The van der Waals surface area contributed by atoms with Gasteiger partial charge in [0.1, 0.15) is 5.75 Å². The molecule has 2 aromatic carbocycles. The van der Waals surface area contributed by atoms with Crippen molar-refractivity contribution in [2.45, 2.75) is 20.0 Å². The zero-order valence-corrected chi connectivity index (χ0v) is 18.9. The summed E-state index contributed by atoms with van der Waals surface area (Å²) in [5, 5.41) is 0.474. The smallest absolute Gasteiger partial charge is 0.257 e. The van der Waals surface area contributed by atoms with Crippen LogP contribution in [0.15, 0.2) is 36.4 Å². The second kappa shape index (κ2) is 9.92. The standard InChI is InChI=1S/C23H27ClN2O5/c1-15(2)31-19-8-6-17(24)14-18(19)23(28)26-11-9-25(10-12-26)22(27)16-5-7-20(29-3)21(13-16)30-4/h5-8,13-15H,9-12H2,1-4H3. The predicted molar refractivity (Wildman–Crippen MR) is 119 cm³/mol. The highest BCUT2D eigenvalue weighted by Crippen LogP contribution is 2.29.